The summed E-state index contributed by atoms with van der Waals surface area (Å²) in [7, 11) is 3.63. The van der Waals surface area contributed by atoms with Gasteiger partial charge in [-0.15, -0.1) is 0 Å². The lowest BCUT2D eigenvalue weighted by Gasteiger charge is -2.41. The maximum atomic E-state index is 15.4. The molecule has 3 aliphatic rings. The fourth-order valence-corrected chi connectivity index (χ4v) is 8.67. The van der Waals surface area contributed by atoms with Crippen LogP contribution in [0.5, 0.6) is 11.5 Å². The number of carbonyl (C=O) groups excluding carboxylic acids is 3. The number of benzene rings is 3. The van der Waals surface area contributed by atoms with Gasteiger partial charge in [0.15, 0.2) is 5.75 Å². The zero-order chi connectivity index (χ0) is 40.8. The lowest BCUT2D eigenvalue weighted by molar-refractivity contribution is 0.0193. The molecule has 302 valence electrons. The second-order valence-electron chi connectivity index (χ2n) is 15.7. The molecule has 6 aromatic rings. The number of fused-ring (bicyclic) bond motifs is 3. The molecule has 6 heterocycles. The molecule has 1 saturated heterocycles. The van der Waals surface area contributed by atoms with E-state index in [1.807, 2.05) is 47.7 Å². The van der Waals surface area contributed by atoms with Gasteiger partial charge in [0, 0.05) is 99.2 Å². The average molecular weight is 794 g/mol. The maximum absolute atomic E-state index is 15.4. The molecule has 0 spiro atoms. The molecule has 9 rings (SSSR count). The second-order valence-corrected chi connectivity index (χ2v) is 15.7. The SMILES string of the molecule is Cc1c(C(=O)N(C)c2ccc(O)cc2)cc(-c2cc3c(cc2C(=O)N2Cc4ccccc4C[C@H]2CN2CCOCC2)CN(C(=O)Oc2cnc4[nH]ccc4c2)CC3)n1C. The van der Waals surface area contributed by atoms with Crippen molar-refractivity contribution in [3.63, 3.8) is 0 Å². The Balaban J connectivity index is 1.09. The summed E-state index contributed by atoms with van der Waals surface area (Å²) in [6.07, 6.45) is 4.12. The van der Waals surface area contributed by atoms with Crippen molar-refractivity contribution in [1.82, 2.24) is 29.2 Å². The third-order valence-corrected chi connectivity index (χ3v) is 12.2. The van der Waals surface area contributed by atoms with Gasteiger partial charge in [0.25, 0.3) is 11.8 Å². The smallest absolute Gasteiger partial charge is 0.415 e. The molecule has 59 heavy (non-hydrogen) atoms. The van der Waals surface area contributed by atoms with Gasteiger partial charge >= 0.3 is 6.09 Å². The monoisotopic (exact) mass is 793 g/mol. The number of nitrogens with zero attached hydrogens (tertiary/aromatic N) is 6. The van der Waals surface area contributed by atoms with Crippen LogP contribution in [0.2, 0.25) is 0 Å². The Labute approximate surface area is 342 Å². The molecule has 0 radical (unpaired) electrons. The predicted molar refractivity (Wildman–Crippen MR) is 224 cm³/mol. The quantitative estimate of drug-likeness (QED) is 0.192. The number of anilines is 1. The van der Waals surface area contributed by atoms with Gasteiger partial charge in [0.05, 0.1) is 25.0 Å². The fraction of sp³-hybridized carbons (Fsp3) is 0.304. The van der Waals surface area contributed by atoms with Gasteiger partial charge < -0.3 is 38.8 Å². The van der Waals surface area contributed by atoms with Gasteiger partial charge in [-0.3, -0.25) is 14.5 Å². The Morgan fingerprint density at radius 3 is 2.49 bits per heavy atom. The van der Waals surface area contributed by atoms with Crippen molar-refractivity contribution < 1.29 is 29.0 Å². The highest BCUT2D eigenvalue weighted by Crippen LogP contribution is 2.36. The zero-order valence-electron chi connectivity index (χ0n) is 33.5. The van der Waals surface area contributed by atoms with E-state index in [1.54, 1.807) is 53.4 Å². The summed E-state index contributed by atoms with van der Waals surface area (Å²) in [5, 5.41) is 10.7. The highest BCUT2D eigenvalue weighted by Gasteiger charge is 2.35. The summed E-state index contributed by atoms with van der Waals surface area (Å²) in [6, 6.07) is 24.4. The summed E-state index contributed by atoms with van der Waals surface area (Å²) in [6.45, 7) is 6.74. The molecular weight excluding hydrogens is 747 g/mol. The van der Waals surface area contributed by atoms with Gasteiger partial charge in [-0.25, -0.2) is 9.78 Å². The number of H-pyrrole nitrogens is 1. The highest BCUT2D eigenvalue weighted by molar-refractivity contribution is 6.08. The van der Waals surface area contributed by atoms with E-state index < -0.39 is 6.09 Å². The van der Waals surface area contributed by atoms with Gasteiger partial charge in [-0.05, 0) is 96.6 Å². The van der Waals surface area contributed by atoms with E-state index in [-0.39, 0.29) is 30.2 Å². The molecule has 3 aromatic carbocycles. The number of aromatic amines is 1. The first-order valence-corrected chi connectivity index (χ1v) is 20.1. The maximum Gasteiger partial charge on any atom is 0.415 e. The predicted octanol–water partition coefficient (Wildman–Crippen LogP) is 6.32. The van der Waals surface area contributed by atoms with E-state index in [1.165, 1.54) is 11.8 Å². The molecule has 0 unspecified atom stereocenters. The van der Waals surface area contributed by atoms with Crippen molar-refractivity contribution >= 4 is 34.6 Å². The third kappa shape index (κ3) is 7.43. The molecule has 1 atom stereocenters. The van der Waals surface area contributed by atoms with Gasteiger partial charge in [-0.1, -0.05) is 24.3 Å². The molecule has 3 aliphatic heterocycles. The molecule has 0 saturated carbocycles. The number of hydrogen-bond acceptors (Lipinski definition) is 8. The number of hydrogen-bond donors (Lipinski definition) is 2. The summed E-state index contributed by atoms with van der Waals surface area (Å²) in [5.41, 5.74) is 8.88. The molecule has 2 N–H and O–H groups in total. The van der Waals surface area contributed by atoms with E-state index >= 15 is 4.79 Å². The normalized spacial score (nSPS) is 16.8. The molecule has 13 heteroatoms. The highest BCUT2D eigenvalue weighted by atomic mass is 16.6. The van der Waals surface area contributed by atoms with Crippen molar-refractivity contribution in [2.24, 2.45) is 7.05 Å². The fourth-order valence-electron chi connectivity index (χ4n) is 8.67. The number of amides is 3. The first kappa shape index (κ1) is 38.1. The Bertz CT molecular complexity index is 2570. The summed E-state index contributed by atoms with van der Waals surface area (Å²) in [4.78, 5) is 58.1. The summed E-state index contributed by atoms with van der Waals surface area (Å²) >= 11 is 0. The number of morpholine rings is 1. The Morgan fingerprint density at radius 1 is 0.915 bits per heavy atom. The van der Waals surface area contributed by atoms with Crippen LogP contribution in [-0.2, 0) is 37.7 Å². The van der Waals surface area contributed by atoms with Gasteiger partial charge in [-0.2, -0.15) is 0 Å². The Kier molecular flexibility index (Phi) is 10.2. The lowest BCUT2D eigenvalue weighted by Crippen LogP contribution is -2.52. The number of rotatable bonds is 7. The lowest BCUT2D eigenvalue weighted by atomic mass is 9.89. The minimum atomic E-state index is -0.485. The van der Waals surface area contributed by atoms with Crippen molar-refractivity contribution in [1.29, 1.82) is 0 Å². The topological polar surface area (TPSA) is 136 Å². The van der Waals surface area contributed by atoms with Crippen LogP contribution in [0.15, 0.2) is 91.3 Å². The molecule has 0 bridgehead atoms. The average Bonchev–Trinajstić information content (AvgIpc) is 3.85. The third-order valence-electron chi connectivity index (χ3n) is 12.2. The molecular formula is C46H47N7O6. The van der Waals surface area contributed by atoms with E-state index in [2.05, 4.69) is 39.1 Å². The van der Waals surface area contributed by atoms with Crippen LogP contribution in [0.3, 0.4) is 0 Å². The van der Waals surface area contributed by atoms with Crippen LogP contribution in [0.4, 0.5) is 10.5 Å². The van der Waals surface area contributed by atoms with Crippen molar-refractivity contribution in [3.05, 3.63) is 130 Å². The first-order valence-electron chi connectivity index (χ1n) is 20.1. The number of aromatic nitrogens is 3. The van der Waals surface area contributed by atoms with Gasteiger partial charge in [0.1, 0.15) is 11.4 Å². The van der Waals surface area contributed by atoms with Crippen LogP contribution >= 0.6 is 0 Å². The van der Waals surface area contributed by atoms with E-state index in [4.69, 9.17) is 9.47 Å². The van der Waals surface area contributed by atoms with Crippen molar-refractivity contribution in [2.45, 2.75) is 38.9 Å². The molecule has 1 fully saturated rings. The van der Waals surface area contributed by atoms with Crippen LogP contribution in [0, 0.1) is 6.92 Å². The van der Waals surface area contributed by atoms with Crippen LogP contribution in [0.25, 0.3) is 22.3 Å². The van der Waals surface area contributed by atoms with Crippen LogP contribution < -0.4 is 9.64 Å². The minimum absolute atomic E-state index is 0.0805. The van der Waals surface area contributed by atoms with Crippen molar-refractivity contribution in [2.75, 3.05) is 51.3 Å². The Morgan fingerprint density at radius 2 is 1.69 bits per heavy atom. The van der Waals surface area contributed by atoms with Crippen LogP contribution in [-0.4, -0.2) is 105 Å². The molecule has 3 amide bonds. The largest absolute Gasteiger partial charge is 0.508 e. The summed E-state index contributed by atoms with van der Waals surface area (Å²) < 4.78 is 13.5. The molecule has 3 aromatic heterocycles. The minimum Gasteiger partial charge on any atom is -0.508 e. The number of phenolic OH excluding ortho intramolecular Hbond substituents is 1. The summed E-state index contributed by atoms with van der Waals surface area (Å²) in [5.74, 6) is 0.165. The van der Waals surface area contributed by atoms with Crippen LogP contribution in [0.1, 0.15) is 48.7 Å². The zero-order valence-corrected chi connectivity index (χ0v) is 33.5. The molecule has 13 nitrogen and oxygen atoms in total. The number of aromatic hydroxyl groups is 1. The number of nitrogens with one attached hydrogen (secondary N) is 1. The molecule has 0 aliphatic carbocycles. The number of phenols is 1. The van der Waals surface area contributed by atoms with Crippen molar-refractivity contribution in [3.8, 4) is 22.8 Å². The second kappa shape index (κ2) is 15.7. The van der Waals surface area contributed by atoms with E-state index in [0.29, 0.717) is 60.9 Å². The number of carbonyl (C=O) groups is 3. The number of ether oxygens (including phenoxy) is 2. The van der Waals surface area contributed by atoms with E-state index in [9.17, 15) is 14.7 Å². The standard InChI is InChI=1S/C46H47N7O6/c1-29-39(44(55)50(3)35-8-10-37(54)11-9-35)24-42(49(29)2)40-22-31-13-15-52(46(57)59-38-21-32-12-14-47-43(32)48-25-38)26-34(31)23-41(40)45(56)53-27-33-7-5-4-6-30(33)20-36(53)28-51-16-18-58-19-17-51/h4-12,14,21-25,36,54H,13,15-20,26-28H2,1-3H3,(H,47,48)/t36-/m0/s1. The Hall–Kier alpha value is -6.44. The number of pyridine rings is 1. The first-order chi connectivity index (χ1) is 28.6. The van der Waals surface area contributed by atoms with E-state index in [0.717, 1.165) is 65.1 Å². The van der Waals surface area contributed by atoms with Gasteiger partial charge in [0.2, 0.25) is 0 Å².